The van der Waals surface area contributed by atoms with Crippen LogP contribution in [0.25, 0.3) is 0 Å². The third-order valence-corrected chi connectivity index (χ3v) is 2.65. The van der Waals surface area contributed by atoms with Gasteiger partial charge in [0, 0.05) is 12.0 Å². The van der Waals surface area contributed by atoms with Crippen molar-refractivity contribution in [2.45, 2.75) is 12.8 Å². The Hall–Kier alpha value is -1.12. The number of esters is 1. The van der Waals surface area contributed by atoms with Crippen molar-refractivity contribution in [2.75, 3.05) is 7.11 Å². The molecule has 0 saturated heterocycles. The average Bonchev–Trinajstić information content (AvgIpc) is 2.26. The van der Waals surface area contributed by atoms with Crippen molar-refractivity contribution in [3.05, 3.63) is 11.6 Å². The molecule has 2 aliphatic rings. The van der Waals surface area contributed by atoms with Gasteiger partial charge in [0.25, 0.3) is 0 Å². The van der Waals surface area contributed by atoms with Gasteiger partial charge in [-0.3, -0.25) is 4.79 Å². The Kier molecular flexibility index (Phi) is 1.53. The SMILES string of the molecule is COC(=O)C1=CC2CCC(=O)C12. The van der Waals surface area contributed by atoms with E-state index in [2.05, 4.69) is 4.74 Å². The molecule has 2 rings (SSSR count). The largest absolute Gasteiger partial charge is 0.466 e. The van der Waals surface area contributed by atoms with Crippen LogP contribution in [-0.4, -0.2) is 18.9 Å². The average molecular weight is 166 g/mol. The van der Waals surface area contributed by atoms with Gasteiger partial charge in [0.1, 0.15) is 5.78 Å². The molecule has 2 aliphatic carbocycles. The molecule has 3 nitrogen and oxygen atoms in total. The summed E-state index contributed by atoms with van der Waals surface area (Å²) in [7, 11) is 1.34. The molecular formula is C9H10O3. The maximum Gasteiger partial charge on any atom is 0.334 e. The van der Waals surface area contributed by atoms with Crippen LogP contribution in [0, 0.1) is 11.8 Å². The summed E-state index contributed by atoms with van der Waals surface area (Å²) in [6.07, 6.45) is 3.39. The van der Waals surface area contributed by atoms with Gasteiger partial charge < -0.3 is 4.74 Å². The summed E-state index contributed by atoms with van der Waals surface area (Å²) in [5.41, 5.74) is 0.574. The third kappa shape index (κ3) is 0.823. The van der Waals surface area contributed by atoms with Gasteiger partial charge in [-0.2, -0.15) is 0 Å². The highest BCUT2D eigenvalue weighted by Crippen LogP contribution is 2.43. The van der Waals surface area contributed by atoms with E-state index in [4.69, 9.17) is 0 Å². The van der Waals surface area contributed by atoms with Crippen LogP contribution >= 0.6 is 0 Å². The third-order valence-electron chi connectivity index (χ3n) is 2.65. The molecule has 0 N–H and O–H groups in total. The molecule has 12 heavy (non-hydrogen) atoms. The van der Waals surface area contributed by atoms with Gasteiger partial charge in [-0.15, -0.1) is 0 Å². The number of carbonyl (C=O) groups excluding carboxylic acids is 2. The fourth-order valence-corrected chi connectivity index (χ4v) is 1.98. The Balaban J connectivity index is 2.18. The second kappa shape index (κ2) is 2.44. The molecule has 0 bridgehead atoms. The molecule has 0 radical (unpaired) electrons. The number of ether oxygens (including phenoxy) is 1. The van der Waals surface area contributed by atoms with E-state index in [9.17, 15) is 9.59 Å². The number of Topliss-reactive ketones (excluding diaryl/α,β-unsaturated/α-hetero) is 1. The number of methoxy groups -OCH3 is 1. The normalized spacial score (nSPS) is 32.1. The molecule has 0 heterocycles. The molecular weight excluding hydrogens is 156 g/mol. The number of rotatable bonds is 1. The molecule has 0 spiro atoms. The van der Waals surface area contributed by atoms with Crippen molar-refractivity contribution < 1.29 is 14.3 Å². The van der Waals surface area contributed by atoms with Gasteiger partial charge in [-0.1, -0.05) is 6.08 Å². The zero-order chi connectivity index (χ0) is 8.72. The Bertz CT molecular complexity index is 277. The van der Waals surface area contributed by atoms with Gasteiger partial charge in [-0.05, 0) is 12.3 Å². The zero-order valence-electron chi connectivity index (χ0n) is 6.87. The Labute approximate surface area is 70.4 Å². The molecule has 64 valence electrons. The predicted molar refractivity (Wildman–Crippen MR) is 41.3 cm³/mol. The number of hydrogen-bond donors (Lipinski definition) is 0. The van der Waals surface area contributed by atoms with E-state index < -0.39 is 0 Å². The topological polar surface area (TPSA) is 43.4 Å². The summed E-state index contributed by atoms with van der Waals surface area (Å²) in [4.78, 5) is 22.3. The fourth-order valence-electron chi connectivity index (χ4n) is 1.98. The van der Waals surface area contributed by atoms with E-state index in [0.717, 1.165) is 6.42 Å². The van der Waals surface area contributed by atoms with Crippen LogP contribution in [0.1, 0.15) is 12.8 Å². The van der Waals surface area contributed by atoms with Crippen molar-refractivity contribution in [1.82, 2.24) is 0 Å². The van der Waals surface area contributed by atoms with Crippen molar-refractivity contribution in [1.29, 1.82) is 0 Å². The van der Waals surface area contributed by atoms with Crippen molar-refractivity contribution >= 4 is 11.8 Å². The van der Waals surface area contributed by atoms with Crippen LogP contribution in [-0.2, 0) is 14.3 Å². The standard InChI is InChI=1S/C9H10O3/c1-12-9(11)6-4-5-2-3-7(10)8(5)6/h4-5,8H,2-3H2,1H3. The van der Waals surface area contributed by atoms with E-state index in [1.807, 2.05) is 6.08 Å². The smallest absolute Gasteiger partial charge is 0.334 e. The number of hydrogen-bond acceptors (Lipinski definition) is 3. The number of allylic oxidation sites excluding steroid dienone is 1. The molecule has 0 amide bonds. The van der Waals surface area contributed by atoms with E-state index in [1.54, 1.807) is 0 Å². The van der Waals surface area contributed by atoms with E-state index in [-0.39, 0.29) is 17.7 Å². The second-order valence-electron chi connectivity index (χ2n) is 3.26. The van der Waals surface area contributed by atoms with E-state index >= 15 is 0 Å². The summed E-state index contributed by atoms with van der Waals surface area (Å²) in [6.45, 7) is 0. The first-order valence-electron chi connectivity index (χ1n) is 4.07. The molecule has 0 aromatic rings. The van der Waals surface area contributed by atoms with Crippen LogP contribution in [0.3, 0.4) is 0 Å². The van der Waals surface area contributed by atoms with Crippen LogP contribution in [0.5, 0.6) is 0 Å². The number of carbonyl (C=O) groups is 2. The highest BCUT2D eigenvalue weighted by molar-refractivity contribution is 6.01. The second-order valence-corrected chi connectivity index (χ2v) is 3.26. The summed E-state index contributed by atoms with van der Waals surface area (Å²) < 4.78 is 4.55. The van der Waals surface area contributed by atoms with E-state index in [0.29, 0.717) is 17.9 Å². The lowest BCUT2D eigenvalue weighted by Crippen LogP contribution is -2.30. The first kappa shape index (κ1) is 7.53. The first-order valence-corrected chi connectivity index (χ1v) is 4.07. The van der Waals surface area contributed by atoms with Gasteiger partial charge in [0.15, 0.2) is 0 Å². The predicted octanol–water partition coefficient (Wildman–Crippen LogP) is 0.695. The number of ketones is 1. The summed E-state index contributed by atoms with van der Waals surface area (Å²) in [6, 6.07) is 0. The lowest BCUT2D eigenvalue weighted by molar-refractivity contribution is -0.138. The van der Waals surface area contributed by atoms with Gasteiger partial charge in [0.05, 0.1) is 13.0 Å². The Morgan fingerprint density at radius 3 is 3.00 bits per heavy atom. The minimum atomic E-state index is -0.341. The fraction of sp³-hybridized carbons (Fsp3) is 0.556. The quantitative estimate of drug-likeness (QED) is 0.538. The minimum absolute atomic E-state index is 0.127. The van der Waals surface area contributed by atoms with Crippen molar-refractivity contribution in [3.63, 3.8) is 0 Å². The highest BCUT2D eigenvalue weighted by atomic mass is 16.5. The lowest BCUT2D eigenvalue weighted by Gasteiger charge is -2.26. The van der Waals surface area contributed by atoms with Crippen molar-refractivity contribution in [2.24, 2.45) is 11.8 Å². The molecule has 0 aromatic heterocycles. The first-order chi connectivity index (χ1) is 5.74. The van der Waals surface area contributed by atoms with Crippen LogP contribution < -0.4 is 0 Å². The van der Waals surface area contributed by atoms with Gasteiger partial charge >= 0.3 is 5.97 Å². The molecule has 1 saturated carbocycles. The highest BCUT2D eigenvalue weighted by Gasteiger charge is 2.45. The molecule has 2 unspecified atom stereocenters. The molecule has 3 heteroatoms. The molecule has 0 aromatic carbocycles. The Morgan fingerprint density at radius 1 is 1.67 bits per heavy atom. The van der Waals surface area contributed by atoms with Crippen LogP contribution in [0.15, 0.2) is 11.6 Å². The zero-order valence-corrected chi connectivity index (χ0v) is 6.87. The monoisotopic (exact) mass is 166 g/mol. The molecule has 2 atom stereocenters. The summed E-state index contributed by atoms with van der Waals surface area (Å²) >= 11 is 0. The van der Waals surface area contributed by atoms with E-state index in [1.165, 1.54) is 7.11 Å². The van der Waals surface area contributed by atoms with Gasteiger partial charge in [0.2, 0.25) is 0 Å². The minimum Gasteiger partial charge on any atom is -0.466 e. The molecule has 1 fully saturated rings. The maximum absolute atomic E-state index is 11.2. The van der Waals surface area contributed by atoms with Crippen molar-refractivity contribution in [3.8, 4) is 0 Å². The van der Waals surface area contributed by atoms with Crippen LogP contribution in [0.2, 0.25) is 0 Å². The van der Waals surface area contributed by atoms with Crippen LogP contribution in [0.4, 0.5) is 0 Å². The van der Waals surface area contributed by atoms with Gasteiger partial charge in [-0.25, -0.2) is 4.79 Å². The summed E-state index contributed by atoms with van der Waals surface area (Å²) in [5.74, 6) is 0.0541. The Morgan fingerprint density at radius 2 is 2.42 bits per heavy atom. The molecule has 0 aliphatic heterocycles. The lowest BCUT2D eigenvalue weighted by atomic mass is 9.77. The summed E-state index contributed by atoms with van der Waals surface area (Å²) in [5, 5.41) is 0. The maximum atomic E-state index is 11.2. The number of fused-ring (bicyclic) bond motifs is 1.